The number of aryl methyl sites for hydroxylation is 2. The first-order valence-electron chi connectivity index (χ1n) is 9.82. The highest BCUT2D eigenvalue weighted by molar-refractivity contribution is 6.33. The molecule has 1 amide bonds. The minimum atomic E-state index is -0.492. The van der Waals surface area contributed by atoms with E-state index in [9.17, 15) is 9.59 Å². The number of hydrazone groups is 1. The van der Waals surface area contributed by atoms with E-state index in [1.54, 1.807) is 37.3 Å². The van der Waals surface area contributed by atoms with Crippen molar-refractivity contribution in [3.63, 3.8) is 0 Å². The average Bonchev–Trinajstić information content (AvgIpc) is 3.20. The zero-order valence-corrected chi connectivity index (χ0v) is 18.3. The second-order valence-electron chi connectivity index (χ2n) is 7.01. The van der Waals surface area contributed by atoms with Gasteiger partial charge in [0, 0.05) is 5.56 Å². The number of amides is 1. The third-order valence-electron chi connectivity index (χ3n) is 4.69. The van der Waals surface area contributed by atoms with Crippen LogP contribution in [0.1, 0.15) is 39.7 Å². The fraction of sp³-hybridized carbons (Fsp3) is 0.208. The van der Waals surface area contributed by atoms with Gasteiger partial charge in [-0.3, -0.25) is 4.79 Å². The summed E-state index contributed by atoms with van der Waals surface area (Å²) >= 11 is 6.10. The van der Waals surface area contributed by atoms with Crippen molar-refractivity contribution < 1.29 is 18.7 Å². The van der Waals surface area contributed by atoms with E-state index in [1.807, 2.05) is 32.0 Å². The van der Waals surface area contributed by atoms with Gasteiger partial charge in [0.25, 0.3) is 0 Å². The van der Waals surface area contributed by atoms with Gasteiger partial charge >= 0.3 is 5.97 Å². The number of rotatable bonds is 7. The van der Waals surface area contributed by atoms with Crippen LogP contribution in [0.5, 0.6) is 0 Å². The number of esters is 1. The number of carbonyl (C=O) groups excluding carboxylic acids is 2. The molecular formula is C24H23ClN2O4. The highest BCUT2D eigenvalue weighted by Gasteiger charge is 2.14. The van der Waals surface area contributed by atoms with Gasteiger partial charge in [-0.2, -0.15) is 5.10 Å². The van der Waals surface area contributed by atoms with Crippen molar-refractivity contribution >= 4 is 29.7 Å². The zero-order chi connectivity index (χ0) is 22.4. The number of hydrogen-bond acceptors (Lipinski definition) is 5. The molecule has 0 radical (unpaired) electrons. The van der Waals surface area contributed by atoms with Gasteiger partial charge in [-0.25, -0.2) is 10.2 Å². The summed E-state index contributed by atoms with van der Waals surface area (Å²) < 4.78 is 10.8. The van der Waals surface area contributed by atoms with Gasteiger partial charge in [0.1, 0.15) is 11.5 Å². The lowest BCUT2D eigenvalue weighted by molar-refractivity contribution is -0.120. The van der Waals surface area contributed by atoms with Crippen molar-refractivity contribution in [2.24, 2.45) is 5.10 Å². The van der Waals surface area contributed by atoms with Crippen molar-refractivity contribution in [3.05, 3.63) is 81.6 Å². The molecule has 3 aromatic rings. The van der Waals surface area contributed by atoms with E-state index in [2.05, 4.69) is 10.5 Å². The van der Waals surface area contributed by atoms with E-state index in [4.69, 9.17) is 20.8 Å². The average molecular weight is 439 g/mol. The predicted octanol–water partition coefficient (Wildman–Crippen LogP) is 5.09. The Morgan fingerprint density at radius 1 is 1.10 bits per heavy atom. The van der Waals surface area contributed by atoms with Gasteiger partial charge in [0.2, 0.25) is 5.91 Å². The number of nitrogens with one attached hydrogen (secondary N) is 1. The molecule has 160 valence electrons. The Balaban J connectivity index is 1.63. The van der Waals surface area contributed by atoms with Crippen LogP contribution in [0.25, 0.3) is 11.3 Å². The molecule has 3 rings (SSSR count). The maximum Gasteiger partial charge on any atom is 0.339 e. The molecule has 0 unspecified atom stereocenters. The molecule has 0 saturated heterocycles. The standard InChI is InChI=1S/C24H23ClN2O4/c1-4-30-24(29)20-13-18(7-9-21(20)25)22-10-8-19(31-22)14-26-27-23(28)12-17-6-5-15(2)16(3)11-17/h5-11,13-14H,4,12H2,1-3H3,(H,27,28)/b26-14-. The van der Waals surface area contributed by atoms with Gasteiger partial charge in [-0.15, -0.1) is 0 Å². The van der Waals surface area contributed by atoms with E-state index in [1.165, 1.54) is 11.8 Å². The summed E-state index contributed by atoms with van der Waals surface area (Å²) in [4.78, 5) is 24.1. The van der Waals surface area contributed by atoms with Crippen LogP contribution in [-0.4, -0.2) is 24.7 Å². The molecule has 6 nitrogen and oxygen atoms in total. The number of halogens is 1. The van der Waals surface area contributed by atoms with Crippen LogP contribution in [0.3, 0.4) is 0 Å². The minimum Gasteiger partial charge on any atom is -0.462 e. The number of furan rings is 1. The Labute approximate surface area is 185 Å². The van der Waals surface area contributed by atoms with Gasteiger partial charge in [0.05, 0.1) is 29.8 Å². The molecule has 0 aliphatic rings. The Hall–Kier alpha value is -3.38. The highest BCUT2D eigenvalue weighted by Crippen LogP contribution is 2.27. The normalized spacial score (nSPS) is 11.0. The fourth-order valence-corrected chi connectivity index (χ4v) is 3.12. The van der Waals surface area contributed by atoms with Crippen molar-refractivity contribution in [1.29, 1.82) is 0 Å². The number of benzene rings is 2. The van der Waals surface area contributed by atoms with Crippen molar-refractivity contribution in [2.75, 3.05) is 6.61 Å². The molecule has 0 saturated carbocycles. The fourth-order valence-electron chi connectivity index (χ4n) is 2.93. The summed E-state index contributed by atoms with van der Waals surface area (Å²) in [6.07, 6.45) is 1.66. The summed E-state index contributed by atoms with van der Waals surface area (Å²) in [6, 6.07) is 14.4. The zero-order valence-electron chi connectivity index (χ0n) is 17.6. The van der Waals surface area contributed by atoms with Crippen molar-refractivity contribution in [3.8, 4) is 11.3 Å². The lowest BCUT2D eigenvalue weighted by atomic mass is 10.0. The quantitative estimate of drug-likeness (QED) is 0.316. The summed E-state index contributed by atoms with van der Waals surface area (Å²) in [7, 11) is 0. The minimum absolute atomic E-state index is 0.219. The SMILES string of the molecule is CCOC(=O)c1cc(-c2ccc(/C=N\NC(=O)Cc3ccc(C)c(C)c3)o2)ccc1Cl. The van der Waals surface area contributed by atoms with Crippen molar-refractivity contribution in [1.82, 2.24) is 5.43 Å². The van der Waals surface area contributed by atoms with Crippen LogP contribution in [0.15, 0.2) is 58.0 Å². The molecule has 7 heteroatoms. The molecule has 0 atom stereocenters. The van der Waals surface area contributed by atoms with Crippen LogP contribution >= 0.6 is 11.6 Å². The lowest BCUT2D eigenvalue weighted by Gasteiger charge is -2.05. The van der Waals surface area contributed by atoms with Gasteiger partial charge < -0.3 is 9.15 Å². The smallest absolute Gasteiger partial charge is 0.339 e. The molecule has 0 aliphatic carbocycles. The van der Waals surface area contributed by atoms with E-state index in [0.29, 0.717) is 22.1 Å². The first-order valence-corrected chi connectivity index (χ1v) is 10.2. The van der Waals surface area contributed by atoms with E-state index < -0.39 is 5.97 Å². The van der Waals surface area contributed by atoms with Crippen LogP contribution < -0.4 is 5.43 Å². The second kappa shape index (κ2) is 10.1. The van der Waals surface area contributed by atoms with Gasteiger partial charge in [0.15, 0.2) is 0 Å². The molecular weight excluding hydrogens is 416 g/mol. The number of carbonyl (C=O) groups is 2. The summed E-state index contributed by atoms with van der Waals surface area (Å²) in [5.74, 6) is 0.275. The molecule has 2 aromatic carbocycles. The number of nitrogens with zero attached hydrogens (tertiary/aromatic N) is 1. The van der Waals surface area contributed by atoms with Gasteiger partial charge in [-0.1, -0.05) is 29.8 Å². The maximum atomic E-state index is 12.1. The predicted molar refractivity (Wildman–Crippen MR) is 120 cm³/mol. The maximum absolute atomic E-state index is 12.1. The molecule has 0 bridgehead atoms. The van der Waals surface area contributed by atoms with Crippen LogP contribution in [0.2, 0.25) is 5.02 Å². The van der Waals surface area contributed by atoms with E-state index in [0.717, 1.165) is 11.1 Å². The Morgan fingerprint density at radius 3 is 2.65 bits per heavy atom. The first-order chi connectivity index (χ1) is 14.9. The molecule has 0 fully saturated rings. The summed E-state index contributed by atoms with van der Waals surface area (Å²) in [5.41, 5.74) is 6.70. The Morgan fingerprint density at radius 2 is 1.90 bits per heavy atom. The third-order valence-corrected chi connectivity index (χ3v) is 5.02. The topological polar surface area (TPSA) is 80.9 Å². The Kier molecular flexibility index (Phi) is 7.26. The summed E-state index contributed by atoms with van der Waals surface area (Å²) in [5, 5.41) is 4.26. The van der Waals surface area contributed by atoms with E-state index >= 15 is 0 Å². The first kappa shape index (κ1) is 22.3. The molecule has 31 heavy (non-hydrogen) atoms. The highest BCUT2D eigenvalue weighted by atomic mass is 35.5. The van der Waals surface area contributed by atoms with Crippen LogP contribution in [-0.2, 0) is 16.0 Å². The molecule has 1 aromatic heterocycles. The van der Waals surface area contributed by atoms with E-state index in [-0.39, 0.29) is 24.5 Å². The van der Waals surface area contributed by atoms with Crippen molar-refractivity contribution in [2.45, 2.75) is 27.2 Å². The molecule has 0 spiro atoms. The Bertz CT molecular complexity index is 1130. The summed E-state index contributed by atoms with van der Waals surface area (Å²) in [6.45, 7) is 6.03. The third kappa shape index (κ3) is 5.83. The number of ether oxygens (including phenoxy) is 1. The number of hydrogen-bond donors (Lipinski definition) is 1. The van der Waals surface area contributed by atoms with Crippen LogP contribution in [0, 0.1) is 13.8 Å². The lowest BCUT2D eigenvalue weighted by Crippen LogP contribution is -2.19. The second-order valence-corrected chi connectivity index (χ2v) is 7.41. The molecule has 0 aliphatic heterocycles. The largest absolute Gasteiger partial charge is 0.462 e. The van der Waals surface area contributed by atoms with Crippen LogP contribution in [0.4, 0.5) is 0 Å². The molecule has 1 N–H and O–H groups in total. The molecule has 1 heterocycles. The van der Waals surface area contributed by atoms with Gasteiger partial charge in [-0.05, 0) is 67.8 Å². The monoisotopic (exact) mass is 438 g/mol.